The van der Waals surface area contributed by atoms with Crippen LogP contribution in [-0.4, -0.2) is 18.0 Å². The molecule has 4 nitrogen and oxygen atoms in total. The van der Waals surface area contributed by atoms with E-state index in [4.69, 9.17) is 10.5 Å². The molecule has 0 bridgehead atoms. The van der Waals surface area contributed by atoms with Gasteiger partial charge >= 0.3 is 0 Å². The zero-order chi connectivity index (χ0) is 12.4. The van der Waals surface area contributed by atoms with Crippen molar-refractivity contribution < 1.29 is 9.53 Å². The number of hydrogen-bond acceptors (Lipinski definition) is 4. The van der Waals surface area contributed by atoms with Crippen LogP contribution in [0, 0.1) is 0 Å². The van der Waals surface area contributed by atoms with Gasteiger partial charge in [-0.15, -0.1) is 11.3 Å². The Balaban J connectivity index is 2.48. The Kier molecular flexibility index (Phi) is 3.44. The van der Waals surface area contributed by atoms with Gasteiger partial charge in [0.1, 0.15) is 16.5 Å². The third-order valence-electron chi connectivity index (χ3n) is 2.15. The quantitative estimate of drug-likeness (QED) is 0.947. The van der Waals surface area contributed by atoms with E-state index in [-0.39, 0.29) is 5.69 Å². The van der Waals surface area contributed by atoms with Crippen molar-refractivity contribution in [1.82, 2.24) is 4.98 Å². The van der Waals surface area contributed by atoms with Gasteiger partial charge in [-0.2, -0.15) is 0 Å². The van der Waals surface area contributed by atoms with Crippen LogP contribution in [0.5, 0.6) is 5.75 Å². The number of amides is 1. The summed E-state index contributed by atoms with van der Waals surface area (Å²) in [5, 5.41) is 2.35. The van der Waals surface area contributed by atoms with Crippen molar-refractivity contribution in [3.63, 3.8) is 0 Å². The first kappa shape index (κ1) is 12.1. The summed E-state index contributed by atoms with van der Waals surface area (Å²) >= 11 is 4.73. The number of benzene rings is 1. The predicted molar refractivity (Wildman–Crippen MR) is 70.3 cm³/mol. The topological polar surface area (TPSA) is 65.2 Å². The number of hydrogen-bond donors (Lipinski definition) is 1. The lowest BCUT2D eigenvalue weighted by Crippen LogP contribution is -2.10. The van der Waals surface area contributed by atoms with E-state index in [1.807, 2.05) is 18.2 Å². The van der Waals surface area contributed by atoms with Gasteiger partial charge in [0.05, 0.1) is 12.7 Å². The van der Waals surface area contributed by atoms with Crippen LogP contribution in [0.15, 0.2) is 28.1 Å². The SMILES string of the molecule is COc1cc(Br)ccc1-c1nc(C(N)=O)cs1. The van der Waals surface area contributed by atoms with E-state index in [9.17, 15) is 4.79 Å². The second-order valence-corrected chi connectivity index (χ2v) is 5.02. The monoisotopic (exact) mass is 312 g/mol. The molecule has 0 atom stereocenters. The summed E-state index contributed by atoms with van der Waals surface area (Å²) in [5.41, 5.74) is 6.28. The van der Waals surface area contributed by atoms with Crippen molar-refractivity contribution in [2.45, 2.75) is 0 Å². The molecule has 2 aromatic rings. The van der Waals surface area contributed by atoms with Gasteiger partial charge in [0.15, 0.2) is 0 Å². The van der Waals surface area contributed by atoms with Crippen molar-refractivity contribution in [1.29, 1.82) is 0 Å². The minimum absolute atomic E-state index is 0.273. The van der Waals surface area contributed by atoms with Crippen LogP contribution in [0.1, 0.15) is 10.5 Å². The molecule has 1 heterocycles. The lowest BCUT2D eigenvalue weighted by molar-refractivity contribution is 0.0996. The van der Waals surface area contributed by atoms with Crippen LogP contribution in [0.4, 0.5) is 0 Å². The van der Waals surface area contributed by atoms with Gasteiger partial charge in [0.2, 0.25) is 0 Å². The molecule has 1 aromatic heterocycles. The van der Waals surface area contributed by atoms with Gasteiger partial charge in [-0.1, -0.05) is 15.9 Å². The van der Waals surface area contributed by atoms with Gasteiger partial charge in [0.25, 0.3) is 5.91 Å². The minimum atomic E-state index is -0.524. The first-order valence-corrected chi connectivity index (χ1v) is 6.38. The Bertz CT molecular complexity index is 568. The summed E-state index contributed by atoms with van der Waals surface area (Å²) in [6, 6.07) is 5.62. The van der Waals surface area contributed by atoms with Crippen molar-refractivity contribution in [2.24, 2.45) is 5.73 Å². The maximum atomic E-state index is 11.0. The number of ether oxygens (including phenoxy) is 1. The van der Waals surface area contributed by atoms with Crippen LogP contribution in [0.2, 0.25) is 0 Å². The molecule has 6 heteroatoms. The largest absolute Gasteiger partial charge is 0.496 e. The summed E-state index contributed by atoms with van der Waals surface area (Å²) in [6.07, 6.45) is 0. The molecule has 1 amide bonds. The van der Waals surface area contributed by atoms with Gasteiger partial charge < -0.3 is 10.5 Å². The number of aromatic nitrogens is 1. The molecule has 0 aliphatic carbocycles. The molecule has 0 saturated carbocycles. The zero-order valence-electron chi connectivity index (χ0n) is 8.94. The van der Waals surface area contributed by atoms with Crippen molar-refractivity contribution >= 4 is 33.2 Å². The second-order valence-electron chi connectivity index (χ2n) is 3.25. The number of rotatable bonds is 3. The van der Waals surface area contributed by atoms with E-state index in [1.165, 1.54) is 11.3 Å². The van der Waals surface area contributed by atoms with E-state index in [0.29, 0.717) is 10.8 Å². The number of methoxy groups -OCH3 is 1. The van der Waals surface area contributed by atoms with E-state index < -0.39 is 5.91 Å². The van der Waals surface area contributed by atoms with Crippen LogP contribution >= 0.6 is 27.3 Å². The molecule has 0 fully saturated rings. The smallest absolute Gasteiger partial charge is 0.268 e. The van der Waals surface area contributed by atoms with Crippen LogP contribution < -0.4 is 10.5 Å². The first-order valence-electron chi connectivity index (χ1n) is 4.71. The van der Waals surface area contributed by atoms with E-state index >= 15 is 0 Å². The molecule has 0 aliphatic heterocycles. The summed E-state index contributed by atoms with van der Waals surface area (Å²) in [4.78, 5) is 15.1. The zero-order valence-corrected chi connectivity index (χ0v) is 11.3. The lowest BCUT2D eigenvalue weighted by atomic mass is 10.2. The second kappa shape index (κ2) is 4.85. The Morgan fingerprint density at radius 1 is 1.53 bits per heavy atom. The molecule has 0 aliphatic rings. The van der Waals surface area contributed by atoms with E-state index in [1.54, 1.807) is 12.5 Å². The summed E-state index contributed by atoms with van der Waals surface area (Å²) in [7, 11) is 1.59. The Hall–Kier alpha value is -1.40. The summed E-state index contributed by atoms with van der Waals surface area (Å²) in [6.45, 7) is 0. The fourth-order valence-electron chi connectivity index (χ4n) is 1.35. The standard InChI is InChI=1S/C11H9BrN2O2S/c1-16-9-4-6(12)2-3-7(9)11-14-8(5-17-11)10(13)15/h2-5H,1H3,(H2,13,15). The third-order valence-corrected chi connectivity index (χ3v) is 3.52. The highest BCUT2D eigenvalue weighted by molar-refractivity contribution is 9.10. The molecule has 0 spiro atoms. The average molecular weight is 313 g/mol. The average Bonchev–Trinajstić information content (AvgIpc) is 2.78. The van der Waals surface area contributed by atoms with Crippen molar-refractivity contribution in [3.05, 3.63) is 33.7 Å². The van der Waals surface area contributed by atoms with Gasteiger partial charge in [-0.3, -0.25) is 4.79 Å². The number of carbonyl (C=O) groups is 1. The molecular formula is C11H9BrN2O2S. The Labute approximate surface area is 111 Å². The molecule has 88 valence electrons. The molecule has 0 saturated heterocycles. The first-order chi connectivity index (χ1) is 8.11. The maximum Gasteiger partial charge on any atom is 0.268 e. The molecule has 0 radical (unpaired) electrons. The highest BCUT2D eigenvalue weighted by Gasteiger charge is 2.12. The number of thiazole rings is 1. The minimum Gasteiger partial charge on any atom is -0.496 e. The molecule has 2 N–H and O–H groups in total. The Morgan fingerprint density at radius 2 is 2.29 bits per heavy atom. The third kappa shape index (κ3) is 2.48. The van der Waals surface area contributed by atoms with Crippen LogP contribution in [0.25, 0.3) is 10.6 Å². The predicted octanol–water partition coefficient (Wildman–Crippen LogP) is 2.68. The Morgan fingerprint density at radius 3 is 2.88 bits per heavy atom. The fourth-order valence-corrected chi connectivity index (χ4v) is 2.53. The maximum absolute atomic E-state index is 11.0. The molecule has 1 aromatic carbocycles. The number of nitrogens with zero attached hydrogens (tertiary/aromatic N) is 1. The van der Waals surface area contributed by atoms with Gasteiger partial charge in [-0.25, -0.2) is 4.98 Å². The van der Waals surface area contributed by atoms with Gasteiger partial charge in [-0.05, 0) is 18.2 Å². The molecular weight excluding hydrogens is 304 g/mol. The van der Waals surface area contributed by atoms with E-state index in [0.717, 1.165) is 10.0 Å². The number of primary amides is 1. The fraction of sp³-hybridized carbons (Fsp3) is 0.0909. The van der Waals surface area contributed by atoms with Crippen molar-refractivity contribution in [3.8, 4) is 16.3 Å². The molecule has 0 unspecified atom stereocenters. The van der Waals surface area contributed by atoms with Gasteiger partial charge in [0, 0.05) is 9.85 Å². The highest BCUT2D eigenvalue weighted by Crippen LogP contribution is 2.34. The van der Waals surface area contributed by atoms with Crippen molar-refractivity contribution in [2.75, 3.05) is 7.11 Å². The number of halogens is 1. The normalized spacial score (nSPS) is 10.2. The lowest BCUT2D eigenvalue weighted by Gasteiger charge is -2.05. The highest BCUT2D eigenvalue weighted by atomic mass is 79.9. The molecule has 17 heavy (non-hydrogen) atoms. The number of carbonyl (C=O) groups excluding carboxylic acids is 1. The number of nitrogens with two attached hydrogens (primary N) is 1. The molecule has 2 rings (SSSR count). The van der Waals surface area contributed by atoms with Crippen LogP contribution in [-0.2, 0) is 0 Å². The van der Waals surface area contributed by atoms with E-state index in [2.05, 4.69) is 20.9 Å². The summed E-state index contributed by atoms with van der Waals surface area (Å²) < 4.78 is 6.19. The van der Waals surface area contributed by atoms with Crippen LogP contribution in [0.3, 0.4) is 0 Å². The summed E-state index contributed by atoms with van der Waals surface area (Å²) in [5.74, 6) is 0.174.